The monoisotopic (exact) mass is 417 g/mol. The van der Waals surface area contributed by atoms with Gasteiger partial charge in [-0.2, -0.15) is 0 Å². The molecule has 9 heteroatoms. The molecule has 0 saturated carbocycles. The van der Waals surface area contributed by atoms with Gasteiger partial charge >= 0.3 is 0 Å². The van der Waals surface area contributed by atoms with E-state index in [0.29, 0.717) is 24.2 Å². The van der Waals surface area contributed by atoms with Gasteiger partial charge < -0.3 is 9.64 Å². The van der Waals surface area contributed by atoms with E-state index in [4.69, 9.17) is 4.74 Å². The van der Waals surface area contributed by atoms with Crippen LogP contribution in [-0.2, 0) is 16.1 Å². The van der Waals surface area contributed by atoms with E-state index in [0.717, 1.165) is 22.6 Å². The molecule has 156 valence electrons. The highest BCUT2D eigenvalue weighted by atomic mass is 16.5. The number of fused-ring (bicyclic) bond motifs is 1. The number of aromatic nitrogens is 3. The number of nitrogens with one attached hydrogen (secondary N) is 1. The Morgan fingerprint density at radius 2 is 2.00 bits per heavy atom. The van der Waals surface area contributed by atoms with Gasteiger partial charge in [-0.25, -0.2) is 4.68 Å². The number of nitrogens with zero attached hydrogens (tertiary/aromatic N) is 4. The zero-order valence-corrected chi connectivity index (χ0v) is 16.7. The molecule has 1 unspecified atom stereocenters. The van der Waals surface area contributed by atoms with Crippen LogP contribution >= 0.6 is 0 Å². The third kappa shape index (κ3) is 3.33. The number of hydrogen-bond donors (Lipinski definition) is 1. The van der Waals surface area contributed by atoms with Crippen molar-refractivity contribution in [1.29, 1.82) is 0 Å². The van der Waals surface area contributed by atoms with Crippen molar-refractivity contribution in [3.63, 3.8) is 0 Å². The molecular weight excluding hydrogens is 398 g/mol. The molecule has 1 aromatic heterocycles. The second-order valence-electron chi connectivity index (χ2n) is 7.52. The third-order valence-electron chi connectivity index (χ3n) is 5.63. The summed E-state index contributed by atoms with van der Waals surface area (Å²) in [5, 5.41) is 10.8. The van der Waals surface area contributed by atoms with E-state index < -0.39 is 11.9 Å². The first kappa shape index (κ1) is 19.0. The molecule has 0 spiro atoms. The van der Waals surface area contributed by atoms with Crippen molar-refractivity contribution in [2.75, 3.05) is 7.11 Å². The fourth-order valence-corrected chi connectivity index (χ4v) is 4.01. The fourth-order valence-electron chi connectivity index (χ4n) is 4.01. The van der Waals surface area contributed by atoms with Gasteiger partial charge in [-0.05, 0) is 42.3 Å². The van der Waals surface area contributed by atoms with Crippen molar-refractivity contribution in [1.82, 2.24) is 25.2 Å². The van der Waals surface area contributed by atoms with Gasteiger partial charge in [0.05, 0.1) is 19.0 Å². The van der Waals surface area contributed by atoms with Crippen molar-refractivity contribution >= 4 is 17.7 Å². The highest BCUT2D eigenvalue weighted by Crippen LogP contribution is 2.29. The molecule has 31 heavy (non-hydrogen) atoms. The molecule has 3 heterocycles. The maximum absolute atomic E-state index is 12.8. The largest absolute Gasteiger partial charge is 0.497 e. The molecular formula is C22H19N5O4. The van der Waals surface area contributed by atoms with Gasteiger partial charge in [0.25, 0.3) is 5.91 Å². The zero-order valence-electron chi connectivity index (χ0n) is 16.7. The molecule has 1 atom stereocenters. The highest BCUT2D eigenvalue weighted by molar-refractivity contribution is 6.05. The molecule has 1 fully saturated rings. The normalized spacial score (nSPS) is 18.2. The molecule has 2 aliphatic rings. The van der Waals surface area contributed by atoms with Crippen LogP contribution in [0.1, 0.15) is 28.8 Å². The van der Waals surface area contributed by atoms with Crippen LogP contribution in [0.25, 0.3) is 16.9 Å². The number of rotatable bonds is 4. The van der Waals surface area contributed by atoms with Crippen LogP contribution in [0.3, 0.4) is 0 Å². The number of hydrogen-bond acceptors (Lipinski definition) is 6. The lowest BCUT2D eigenvalue weighted by Crippen LogP contribution is -2.52. The van der Waals surface area contributed by atoms with Crippen molar-refractivity contribution in [2.24, 2.45) is 0 Å². The Morgan fingerprint density at radius 1 is 1.13 bits per heavy atom. The Hall–Kier alpha value is -4.01. The summed E-state index contributed by atoms with van der Waals surface area (Å²) in [6, 6.07) is 12.3. The van der Waals surface area contributed by atoms with Gasteiger partial charge in [-0.15, -0.1) is 5.10 Å². The number of amides is 3. The minimum atomic E-state index is -0.632. The Bertz CT molecular complexity index is 1220. The van der Waals surface area contributed by atoms with Gasteiger partial charge in [0.15, 0.2) is 0 Å². The van der Waals surface area contributed by atoms with E-state index in [1.165, 1.54) is 4.90 Å². The standard InChI is InChI=1S/C22H19N5O4/c1-31-16-4-2-3-13(10-16)18-12-27(25-24-18)15-5-6-17-14(9-15)11-26(22(17)30)19-7-8-20(28)23-21(19)29/h2-6,9-10,12,19H,7-8,11H2,1H3,(H,23,28,29). The molecule has 0 aliphatic carbocycles. The summed E-state index contributed by atoms with van der Waals surface area (Å²) in [5.74, 6) is -0.189. The number of piperidine rings is 1. The summed E-state index contributed by atoms with van der Waals surface area (Å²) < 4.78 is 6.91. The molecule has 2 aliphatic heterocycles. The predicted molar refractivity (Wildman–Crippen MR) is 109 cm³/mol. The molecule has 0 radical (unpaired) electrons. The summed E-state index contributed by atoms with van der Waals surface area (Å²) in [6.45, 7) is 0.311. The van der Waals surface area contributed by atoms with Crippen molar-refractivity contribution in [2.45, 2.75) is 25.4 Å². The first-order valence-corrected chi connectivity index (χ1v) is 9.88. The van der Waals surface area contributed by atoms with Gasteiger partial charge in [-0.3, -0.25) is 19.7 Å². The first-order chi connectivity index (χ1) is 15.0. The zero-order chi connectivity index (χ0) is 21.5. The molecule has 5 rings (SSSR count). The van der Waals surface area contributed by atoms with E-state index in [1.807, 2.05) is 36.5 Å². The molecule has 3 aromatic rings. The lowest BCUT2D eigenvalue weighted by Gasteiger charge is -2.29. The predicted octanol–water partition coefficient (Wildman–Crippen LogP) is 1.70. The van der Waals surface area contributed by atoms with Gasteiger partial charge in [0, 0.05) is 24.1 Å². The van der Waals surface area contributed by atoms with Gasteiger partial charge in [0.1, 0.15) is 17.5 Å². The van der Waals surface area contributed by atoms with E-state index in [2.05, 4.69) is 15.6 Å². The maximum atomic E-state index is 12.8. The summed E-state index contributed by atoms with van der Waals surface area (Å²) in [4.78, 5) is 38.0. The lowest BCUT2D eigenvalue weighted by atomic mass is 10.0. The maximum Gasteiger partial charge on any atom is 0.255 e. The van der Waals surface area contributed by atoms with Crippen LogP contribution < -0.4 is 10.1 Å². The summed E-state index contributed by atoms with van der Waals surface area (Å²) in [7, 11) is 1.61. The molecule has 0 bridgehead atoms. The number of methoxy groups -OCH3 is 1. The number of carbonyl (C=O) groups excluding carboxylic acids is 3. The molecule has 1 saturated heterocycles. The van der Waals surface area contributed by atoms with Gasteiger partial charge in [-0.1, -0.05) is 17.3 Å². The quantitative estimate of drug-likeness (QED) is 0.648. The second kappa shape index (κ2) is 7.35. The Morgan fingerprint density at radius 3 is 2.81 bits per heavy atom. The third-order valence-corrected chi connectivity index (χ3v) is 5.63. The molecule has 9 nitrogen and oxygen atoms in total. The van der Waals surface area contributed by atoms with Crippen LogP contribution in [0.15, 0.2) is 48.7 Å². The average Bonchev–Trinajstić information content (AvgIpc) is 3.39. The SMILES string of the molecule is COc1cccc(-c2cn(-c3ccc4c(c3)CN(C3CCC(=O)NC3=O)C4=O)nn2)c1. The highest BCUT2D eigenvalue weighted by Gasteiger charge is 2.39. The van der Waals surface area contributed by atoms with Gasteiger partial charge in [0.2, 0.25) is 11.8 Å². The van der Waals surface area contributed by atoms with Crippen LogP contribution in [0, 0.1) is 0 Å². The Kier molecular flexibility index (Phi) is 4.50. The minimum absolute atomic E-state index is 0.202. The fraction of sp³-hybridized carbons (Fsp3) is 0.227. The smallest absolute Gasteiger partial charge is 0.255 e. The van der Waals surface area contributed by atoms with Crippen LogP contribution in [-0.4, -0.2) is 50.8 Å². The molecule has 1 N–H and O–H groups in total. The minimum Gasteiger partial charge on any atom is -0.497 e. The van der Waals surface area contributed by atoms with E-state index in [1.54, 1.807) is 23.9 Å². The number of imide groups is 1. The number of carbonyl (C=O) groups is 3. The molecule has 2 aromatic carbocycles. The number of benzene rings is 2. The topological polar surface area (TPSA) is 106 Å². The Balaban J connectivity index is 1.40. The van der Waals surface area contributed by atoms with E-state index in [-0.39, 0.29) is 18.2 Å². The summed E-state index contributed by atoms with van der Waals surface area (Å²) in [5.41, 5.74) is 3.71. The van der Waals surface area contributed by atoms with Crippen LogP contribution in [0.2, 0.25) is 0 Å². The van der Waals surface area contributed by atoms with E-state index >= 15 is 0 Å². The summed E-state index contributed by atoms with van der Waals surface area (Å²) in [6.07, 6.45) is 2.38. The van der Waals surface area contributed by atoms with Crippen LogP contribution in [0.4, 0.5) is 0 Å². The first-order valence-electron chi connectivity index (χ1n) is 9.88. The lowest BCUT2D eigenvalue weighted by molar-refractivity contribution is -0.136. The molecule has 3 amide bonds. The van der Waals surface area contributed by atoms with Crippen molar-refractivity contribution in [3.8, 4) is 22.7 Å². The summed E-state index contributed by atoms with van der Waals surface area (Å²) >= 11 is 0. The number of ether oxygens (including phenoxy) is 1. The Labute approximate surface area is 177 Å². The van der Waals surface area contributed by atoms with E-state index in [9.17, 15) is 14.4 Å². The average molecular weight is 417 g/mol. The second-order valence-corrected chi connectivity index (χ2v) is 7.52. The van der Waals surface area contributed by atoms with Crippen molar-refractivity contribution in [3.05, 3.63) is 59.8 Å². The van der Waals surface area contributed by atoms with Crippen LogP contribution in [0.5, 0.6) is 5.75 Å². The van der Waals surface area contributed by atoms with Crippen molar-refractivity contribution < 1.29 is 19.1 Å².